The van der Waals surface area contributed by atoms with E-state index in [0.717, 1.165) is 24.8 Å². The van der Waals surface area contributed by atoms with Crippen molar-refractivity contribution in [1.29, 1.82) is 0 Å². The van der Waals surface area contributed by atoms with Crippen molar-refractivity contribution in [3.05, 3.63) is 51.8 Å². The number of benzene rings is 1. The summed E-state index contributed by atoms with van der Waals surface area (Å²) in [5.74, 6) is -0.330. The Morgan fingerprint density at radius 2 is 1.97 bits per heavy atom. The number of carbonyl (C=O) groups is 2. The molecule has 1 fully saturated rings. The lowest BCUT2D eigenvalue weighted by Crippen LogP contribution is -2.42. The molecule has 0 radical (unpaired) electrons. The van der Waals surface area contributed by atoms with Crippen LogP contribution in [0.2, 0.25) is 5.02 Å². The van der Waals surface area contributed by atoms with Crippen molar-refractivity contribution in [2.45, 2.75) is 59.0 Å². The van der Waals surface area contributed by atoms with Gasteiger partial charge in [-0.25, -0.2) is 4.79 Å². The minimum atomic E-state index is -0.530. The van der Waals surface area contributed by atoms with Gasteiger partial charge in [-0.1, -0.05) is 49.6 Å². The number of aromatic nitrogens is 2. The standard InChI is InChI=1S/C22H28ClN3O3/c1-14-8-4-7-11-19(14)24-20(27)13-29-22(28)21-15(2)25-26(16(21)3)12-17-9-5-6-10-18(17)23/h5-6,9-10,14,19H,4,7-8,11-13H2,1-3H3,(H,24,27)/t14-,19-/m1/s1. The number of hydrogen-bond donors (Lipinski definition) is 1. The highest BCUT2D eigenvalue weighted by atomic mass is 35.5. The van der Waals surface area contributed by atoms with Gasteiger partial charge in [0.15, 0.2) is 6.61 Å². The van der Waals surface area contributed by atoms with Gasteiger partial charge in [0.1, 0.15) is 5.56 Å². The van der Waals surface area contributed by atoms with Crippen LogP contribution in [0.5, 0.6) is 0 Å². The Hall–Kier alpha value is -2.34. The number of nitrogens with one attached hydrogen (secondary N) is 1. The molecule has 29 heavy (non-hydrogen) atoms. The van der Waals surface area contributed by atoms with E-state index < -0.39 is 5.97 Å². The zero-order valence-corrected chi connectivity index (χ0v) is 18.0. The van der Waals surface area contributed by atoms with Crippen LogP contribution in [-0.4, -0.2) is 34.3 Å². The van der Waals surface area contributed by atoms with E-state index in [1.807, 2.05) is 31.2 Å². The molecule has 2 atom stereocenters. The first-order valence-corrected chi connectivity index (χ1v) is 10.5. The van der Waals surface area contributed by atoms with Crippen LogP contribution in [-0.2, 0) is 16.1 Å². The maximum atomic E-state index is 12.6. The van der Waals surface area contributed by atoms with Crippen LogP contribution in [0.4, 0.5) is 0 Å². The normalized spacial score (nSPS) is 19.0. The fourth-order valence-corrected chi connectivity index (χ4v) is 4.11. The third-order valence-electron chi connectivity index (χ3n) is 5.66. The molecule has 0 aliphatic heterocycles. The minimum Gasteiger partial charge on any atom is -0.452 e. The number of carbonyl (C=O) groups excluding carboxylic acids is 2. The van der Waals surface area contributed by atoms with Gasteiger partial charge in [0.25, 0.3) is 5.91 Å². The van der Waals surface area contributed by atoms with E-state index in [1.165, 1.54) is 6.42 Å². The molecule has 0 unspecified atom stereocenters. The molecule has 3 rings (SSSR count). The van der Waals surface area contributed by atoms with Gasteiger partial charge < -0.3 is 10.1 Å². The van der Waals surface area contributed by atoms with Gasteiger partial charge in [0.2, 0.25) is 0 Å². The number of ether oxygens (including phenoxy) is 1. The fourth-order valence-electron chi connectivity index (χ4n) is 3.92. The molecule has 1 aromatic heterocycles. The van der Waals surface area contributed by atoms with Gasteiger partial charge in [-0.15, -0.1) is 0 Å². The number of amides is 1. The van der Waals surface area contributed by atoms with Crippen molar-refractivity contribution in [3.63, 3.8) is 0 Å². The molecule has 0 spiro atoms. The van der Waals surface area contributed by atoms with E-state index in [0.29, 0.717) is 34.4 Å². The summed E-state index contributed by atoms with van der Waals surface area (Å²) in [6.45, 7) is 5.90. The maximum absolute atomic E-state index is 12.6. The Balaban J connectivity index is 1.61. The largest absolute Gasteiger partial charge is 0.452 e. The molecule has 0 bridgehead atoms. The summed E-state index contributed by atoms with van der Waals surface area (Å²) in [5, 5.41) is 8.10. The Bertz CT molecular complexity index is 893. The number of esters is 1. The summed E-state index contributed by atoms with van der Waals surface area (Å²) in [6, 6.07) is 7.69. The Morgan fingerprint density at radius 1 is 1.24 bits per heavy atom. The minimum absolute atomic E-state index is 0.164. The fraction of sp³-hybridized carbons (Fsp3) is 0.500. The molecule has 1 saturated carbocycles. The molecule has 7 heteroatoms. The van der Waals surface area contributed by atoms with Crippen molar-refractivity contribution in [2.24, 2.45) is 5.92 Å². The molecule has 156 valence electrons. The highest BCUT2D eigenvalue weighted by molar-refractivity contribution is 6.31. The third kappa shape index (κ3) is 5.18. The van der Waals surface area contributed by atoms with Crippen molar-refractivity contribution in [1.82, 2.24) is 15.1 Å². The Kier molecular flexibility index (Phi) is 6.96. The van der Waals surface area contributed by atoms with E-state index in [9.17, 15) is 9.59 Å². The molecule has 0 saturated heterocycles. The lowest BCUT2D eigenvalue weighted by Gasteiger charge is -2.29. The van der Waals surface area contributed by atoms with Crippen LogP contribution in [0.25, 0.3) is 0 Å². The number of aryl methyl sites for hydroxylation is 1. The molecule has 1 aliphatic carbocycles. The van der Waals surface area contributed by atoms with Crippen LogP contribution in [0.1, 0.15) is 59.9 Å². The molecule has 6 nitrogen and oxygen atoms in total. The van der Waals surface area contributed by atoms with E-state index >= 15 is 0 Å². The SMILES string of the molecule is Cc1nn(Cc2ccccc2Cl)c(C)c1C(=O)OCC(=O)N[C@@H]1CCCC[C@H]1C. The topological polar surface area (TPSA) is 73.2 Å². The summed E-state index contributed by atoms with van der Waals surface area (Å²) in [5.41, 5.74) is 2.58. The Labute approximate surface area is 176 Å². The molecule has 1 aliphatic rings. The average molecular weight is 418 g/mol. The summed E-state index contributed by atoms with van der Waals surface area (Å²) in [7, 11) is 0. The van der Waals surface area contributed by atoms with Crippen LogP contribution in [0, 0.1) is 19.8 Å². The van der Waals surface area contributed by atoms with Crippen molar-refractivity contribution in [3.8, 4) is 0 Å². The second kappa shape index (κ2) is 9.44. The predicted molar refractivity (Wildman–Crippen MR) is 112 cm³/mol. The molecular formula is C22H28ClN3O3. The molecule has 1 amide bonds. The second-order valence-electron chi connectivity index (χ2n) is 7.81. The number of nitrogens with zero attached hydrogens (tertiary/aromatic N) is 2. The van der Waals surface area contributed by atoms with E-state index in [2.05, 4.69) is 17.3 Å². The molecular weight excluding hydrogens is 390 g/mol. The average Bonchev–Trinajstić information content (AvgIpc) is 2.97. The Morgan fingerprint density at radius 3 is 2.69 bits per heavy atom. The van der Waals surface area contributed by atoms with Crippen molar-refractivity contribution < 1.29 is 14.3 Å². The molecule has 1 heterocycles. The van der Waals surface area contributed by atoms with Gasteiger partial charge >= 0.3 is 5.97 Å². The molecule has 2 aromatic rings. The summed E-state index contributed by atoms with van der Waals surface area (Å²) in [4.78, 5) is 24.8. The highest BCUT2D eigenvalue weighted by Gasteiger charge is 2.25. The first kappa shape index (κ1) is 21.4. The van der Waals surface area contributed by atoms with Crippen LogP contribution < -0.4 is 5.32 Å². The first-order chi connectivity index (χ1) is 13.9. The second-order valence-corrected chi connectivity index (χ2v) is 8.21. The summed E-state index contributed by atoms with van der Waals surface area (Å²) >= 11 is 6.23. The lowest BCUT2D eigenvalue weighted by molar-refractivity contribution is -0.125. The zero-order chi connectivity index (χ0) is 21.0. The number of halogens is 1. The van der Waals surface area contributed by atoms with Crippen molar-refractivity contribution >= 4 is 23.5 Å². The molecule has 1 N–H and O–H groups in total. The number of rotatable bonds is 6. The van der Waals surface area contributed by atoms with E-state index in [4.69, 9.17) is 16.3 Å². The van der Waals surface area contributed by atoms with Gasteiger partial charge in [0.05, 0.1) is 17.9 Å². The van der Waals surface area contributed by atoms with Gasteiger partial charge in [-0.05, 0) is 44.2 Å². The van der Waals surface area contributed by atoms with Crippen LogP contribution >= 0.6 is 11.6 Å². The quantitative estimate of drug-likeness (QED) is 0.719. The van der Waals surface area contributed by atoms with Crippen molar-refractivity contribution in [2.75, 3.05) is 6.61 Å². The van der Waals surface area contributed by atoms with Gasteiger partial charge in [0, 0.05) is 11.1 Å². The van der Waals surface area contributed by atoms with Crippen LogP contribution in [0.3, 0.4) is 0 Å². The lowest BCUT2D eigenvalue weighted by atomic mass is 9.86. The van der Waals surface area contributed by atoms with E-state index in [1.54, 1.807) is 11.6 Å². The van der Waals surface area contributed by atoms with Crippen LogP contribution in [0.15, 0.2) is 24.3 Å². The third-order valence-corrected chi connectivity index (χ3v) is 6.02. The highest BCUT2D eigenvalue weighted by Crippen LogP contribution is 2.24. The van der Waals surface area contributed by atoms with E-state index in [-0.39, 0.29) is 18.6 Å². The first-order valence-electron chi connectivity index (χ1n) is 10.1. The number of hydrogen-bond acceptors (Lipinski definition) is 4. The summed E-state index contributed by atoms with van der Waals surface area (Å²) < 4.78 is 7.02. The monoisotopic (exact) mass is 417 g/mol. The summed E-state index contributed by atoms with van der Waals surface area (Å²) in [6.07, 6.45) is 4.43. The molecule has 1 aromatic carbocycles. The van der Waals surface area contributed by atoms with Gasteiger partial charge in [-0.3, -0.25) is 9.48 Å². The smallest absolute Gasteiger partial charge is 0.342 e. The zero-order valence-electron chi connectivity index (χ0n) is 17.2. The van der Waals surface area contributed by atoms with Gasteiger partial charge in [-0.2, -0.15) is 5.10 Å². The predicted octanol–water partition coefficient (Wildman–Crippen LogP) is 4.05. The maximum Gasteiger partial charge on any atom is 0.342 e.